The third-order valence-corrected chi connectivity index (χ3v) is 6.83. The molecule has 2 amide bonds. The van der Waals surface area contributed by atoms with Gasteiger partial charge in [0, 0.05) is 9.75 Å². The first kappa shape index (κ1) is 23.5. The molecule has 4 aromatic rings. The minimum absolute atomic E-state index is 0.0105. The van der Waals surface area contributed by atoms with E-state index in [-0.39, 0.29) is 10.7 Å². The molecule has 2 heterocycles. The van der Waals surface area contributed by atoms with Crippen molar-refractivity contribution < 1.29 is 19.1 Å². The van der Waals surface area contributed by atoms with E-state index in [2.05, 4.69) is 5.32 Å². The van der Waals surface area contributed by atoms with Crippen LogP contribution in [0.4, 0.5) is 5.69 Å². The van der Waals surface area contributed by atoms with Crippen molar-refractivity contribution in [2.24, 2.45) is 0 Å². The number of thiocarbonyl (C=S) groups is 1. The van der Waals surface area contributed by atoms with E-state index in [0.29, 0.717) is 17.2 Å². The molecule has 3 aromatic carbocycles. The predicted octanol–water partition coefficient (Wildman–Crippen LogP) is 6.05. The molecule has 1 aliphatic heterocycles. The van der Waals surface area contributed by atoms with Gasteiger partial charge in [0.05, 0.1) is 12.8 Å². The lowest BCUT2D eigenvalue weighted by Crippen LogP contribution is -2.54. The van der Waals surface area contributed by atoms with Crippen LogP contribution < -0.4 is 19.7 Å². The van der Waals surface area contributed by atoms with Gasteiger partial charge in [-0.25, -0.2) is 0 Å². The molecule has 0 saturated carbocycles. The lowest BCUT2D eigenvalue weighted by molar-refractivity contribution is -0.122. The molecule has 1 fully saturated rings. The van der Waals surface area contributed by atoms with Gasteiger partial charge in [0.25, 0.3) is 11.8 Å². The highest BCUT2D eigenvalue weighted by molar-refractivity contribution is 7.80. The molecule has 1 saturated heterocycles. The Morgan fingerprint density at radius 3 is 2.19 bits per heavy atom. The molecule has 1 aliphatic rings. The van der Waals surface area contributed by atoms with Crippen LogP contribution in [-0.2, 0) is 9.59 Å². The number of carbonyl (C=O) groups is 2. The second kappa shape index (κ2) is 10.2. The maximum Gasteiger partial charge on any atom is 0.270 e. The van der Waals surface area contributed by atoms with E-state index >= 15 is 0 Å². The molecule has 5 rings (SSSR count). The second-order valence-electron chi connectivity index (χ2n) is 7.80. The topological polar surface area (TPSA) is 67.9 Å². The number of benzene rings is 3. The Morgan fingerprint density at radius 1 is 0.833 bits per heavy atom. The fourth-order valence-electron chi connectivity index (χ4n) is 3.66. The van der Waals surface area contributed by atoms with Crippen LogP contribution in [0.3, 0.4) is 0 Å². The second-order valence-corrected chi connectivity index (χ2v) is 9.30. The Morgan fingerprint density at radius 2 is 1.50 bits per heavy atom. The van der Waals surface area contributed by atoms with Crippen LogP contribution in [0.2, 0.25) is 0 Å². The van der Waals surface area contributed by atoms with Crippen molar-refractivity contribution in [1.82, 2.24) is 5.32 Å². The first-order valence-electron chi connectivity index (χ1n) is 11.0. The molecule has 178 valence electrons. The van der Waals surface area contributed by atoms with Gasteiger partial charge in [0.2, 0.25) is 0 Å². The summed E-state index contributed by atoms with van der Waals surface area (Å²) in [6.45, 7) is 0. The number of nitrogens with one attached hydrogen (secondary N) is 1. The van der Waals surface area contributed by atoms with E-state index < -0.39 is 11.8 Å². The fraction of sp³-hybridized carbons (Fsp3) is 0.0357. The number of ether oxygens (including phenoxy) is 2. The lowest BCUT2D eigenvalue weighted by atomic mass is 10.1. The minimum atomic E-state index is -0.523. The van der Waals surface area contributed by atoms with Crippen LogP contribution in [0.25, 0.3) is 16.5 Å². The molecular weight excluding hydrogens is 492 g/mol. The number of methoxy groups -OCH3 is 1. The molecule has 1 N–H and O–H groups in total. The Bertz CT molecular complexity index is 1460. The fourth-order valence-corrected chi connectivity index (χ4v) is 4.90. The Labute approximate surface area is 217 Å². The molecule has 1 aromatic heterocycles. The maximum atomic E-state index is 13.3. The average Bonchev–Trinajstić information content (AvgIpc) is 3.37. The Hall–Kier alpha value is -4.27. The Balaban J connectivity index is 1.37. The summed E-state index contributed by atoms with van der Waals surface area (Å²) in [6, 6.07) is 27.9. The molecule has 0 atom stereocenters. The molecule has 6 nitrogen and oxygen atoms in total. The van der Waals surface area contributed by atoms with E-state index in [4.69, 9.17) is 21.7 Å². The number of hydrogen-bond donors (Lipinski definition) is 1. The van der Waals surface area contributed by atoms with Gasteiger partial charge >= 0.3 is 0 Å². The highest BCUT2D eigenvalue weighted by Gasteiger charge is 2.34. The summed E-state index contributed by atoms with van der Waals surface area (Å²) in [6.07, 6.45) is 1.59. The van der Waals surface area contributed by atoms with Crippen LogP contribution in [0.15, 0.2) is 96.6 Å². The van der Waals surface area contributed by atoms with Gasteiger partial charge < -0.3 is 9.47 Å². The first-order chi connectivity index (χ1) is 17.5. The van der Waals surface area contributed by atoms with Crippen LogP contribution in [0.5, 0.6) is 17.2 Å². The summed E-state index contributed by atoms with van der Waals surface area (Å²) >= 11 is 6.79. The third kappa shape index (κ3) is 4.91. The number of nitrogens with zero attached hydrogens (tertiary/aromatic N) is 1. The molecule has 0 spiro atoms. The Kier molecular flexibility index (Phi) is 6.62. The highest BCUT2D eigenvalue weighted by atomic mass is 32.1. The highest BCUT2D eigenvalue weighted by Crippen LogP contribution is 2.32. The van der Waals surface area contributed by atoms with Crippen LogP contribution in [0.1, 0.15) is 4.88 Å². The molecule has 0 bridgehead atoms. The smallest absolute Gasteiger partial charge is 0.270 e. The van der Waals surface area contributed by atoms with Crippen molar-refractivity contribution >= 4 is 52.2 Å². The summed E-state index contributed by atoms with van der Waals surface area (Å²) in [5, 5.41) is 2.65. The van der Waals surface area contributed by atoms with Gasteiger partial charge in [-0.15, -0.1) is 11.3 Å². The van der Waals surface area contributed by atoms with Crippen molar-refractivity contribution in [2.75, 3.05) is 12.0 Å². The molecular formula is C28H20N2O4S2. The zero-order valence-electron chi connectivity index (χ0n) is 19.1. The summed E-state index contributed by atoms with van der Waals surface area (Å²) in [5.74, 6) is 1.09. The van der Waals surface area contributed by atoms with Crippen LogP contribution >= 0.6 is 23.6 Å². The molecule has 8 heteroatoms. The van der Waals surface area contributed by atoms with Gasteiger partial charge in [-0.2, -0.15) is 0 Å². The molecule has 0 aliphatic carbocycles. The largest absolute Gasteiger partial charge is 0.497 e. The SMILES string of the molecule is COc1ccc(-c2ccc(/C=C3\C(=O)NC(=S)N(c4ccc(Oc5ccccc5)cc4)C3=O)s2)cc1. The number of carbonyl (C=O) groups excluding carboxylic acids is 2. The average molecular weight is 513 g/mol. The monoisotopic (exact) mass is 512 g/mol. The molecule has 0 radical (unpaired) electrons. The third-order valence-electron chi connectivity index (χ3n) is 5.46. The maximum absolute atomic E-state index is 13.3. The molecule has 0 unspecified atom stereocenters. The van der Waals surface area contributed by atoms with Gasteiger partial charge in [-0.3, -0.25) is 19.8 Å². The number of anilines is 1. The van der Waals surface area contributed by atoms with Gasteiger partial charge in [-0.05, 0) is 96.7 Å². The first-order valence-corrected chi connectivity index (χ1v) is 12.2. The zero-order valence-corrected chi connectivity index (χ0v) is 20.8. The van der Waals surface area contributed by atoms with Crippen molar-refractivity contribution in [2.45, 2.75) is 0 Å². The van der Waals surface area contributed by atoms with Crippen LogP contribution in [-0.4, -0.2) is 24.0 Å². The van der Waals surface area contributed by atoms with E-state index in [1.807, 2.05) is 66.7 Å². The van der Waals surface area contributed by atoms with E-state index in [1.54, 1.807) is 37.5 Å². The number of thiophene rings is 1. The normalized spacial score (nSPS) is 14.6. The number of amides is 2. The minimum Gasteiger partial charge on any atom is -0.497 e. The zero-order chi connectivity index (χ0) is 25.1. The van der Waals surface area contributed by atoms with Crippen molar-refractivity contribution in [1.29, 1.82) is 0 Å². The summed E-state index contributed by atoms with van der Waals surface area (Å²) < 4.78 is 11.0. The van der Waals surface area contributed by atoms with Crippen molar-refractivity contribution in [3.8, 4) is 27.7 Å². The lowest BCUT2D eigenvalue weighted by Gasteiger charge is -2.28. The van der Waals surface area contributed by atoms with Gasteiger partial charge in [0.15, 0.2) is 5.11 Å². The number of para-hydroxylation sites is 1. The summed E-state index contributed by atoms with van der Waals surface area (Å²) in [5.41, 5.74) is 1.56. The standard InChI is InChI=1S/C28H20N2O4S2/c1-33-20-11-7-18(8-12-20)25-16-15-23(36-25)17-24-26(31)29-28(35)30(27(24)32)19-9-13-22(14-10-19)34-21-5-3-2-4-6-21/h2-17H,1H3,(H,29,31,35)/b24-17+. The van der Waals surface area contributed by atoms with Crippen molar-refractivity contribution in [3.63, 3.8) is 0 Å². The van der Waals surface area contributed by atoms with E-state index in [1.165, 1.54) is 16.2 Å². The summed E-state index contributed by atoms with van der Waals surface area (Å²) in [4.78, 5) is 29.1. The van der Waals surface area contributed by atoms with E-state index in [9.17, 15) is 9.59 Å². The quantitative estimate of drug-likeness (QED) is 0.194. The number of hydrogen-bond acceptors (Lipinski definition) is 6. The van der Waals surface area contributed by atoms with Gasteiger partial charge in [-0.1, -0.05) is 18.2 Å². The van der Waals surface area contributed by atoms with Crippen LogP contribution in [0, 0.1) is 0 Å². The predicted molar refractivity (Wildman–Crippen MR) is 145 cm³/mol. The number of rotatable bonds is 6. The summed E-state index contributed by atoms with van der Waals surface area (Å²) in [7, 11) is 1.62. The van der Waals surface area contributed by atoms with Crippen molar-refractivity contribution in [3.05, 3.63) is 101 Å². The molecule has 36 heavy (non-hydrogen) atoms. The van der Waals surface area contributed by atoms with E-state index in [0.717, 1.165) is 21.1 Å². The van der Waals surface area contributed by atoms with Gasteiger partial charge in [0.1, 0.15) is 22.8 Å².